The van der Waals surface area contributed by atoms with Gasteiger partial charge in [0.25, 0.3) is 0 Å². The monoisotopic (exact) mass is 384 g/mol. The highest BCUT2D eigenvalue weighted by molar-refractivity contribution is 9.10. The van der Waals surface area contributed by atoms with E-state index in [9.17, 15) is 0 Å². The van der Waals surface area contributed by atoms with Gasteiger partial charge in [-0.25, -0.2) is 9.97 Å². The Hall–Kier alpha value is -0.640. The van der Waals surface area contributed by atoms with Gasteiger partial charge in [0.2, 0.25) is 0 Å². The Morgan fingerprint density at radius 1 is 0.952 bits per heavy atom. The first-order valence-corrected chi connectivity index (χ1v) is 8.69. The summed E-state index contributed by atoms with van der Waals surface area (Å²) in [5, 5.41) is 0.866. The first-order valence-electron chi connectivity index (χ1n) is 7.14. The molecule has 0 spiro atoms. The quantitative estimate of drug-likeness (QED) is 0.570. The van der Waals surface area contributed by atoms with Crippen molar-refractivity contribution in [3.63, 3.8) is 0 Å². The standard InChI is InChI=1S/C16H15BrCl2N2/c17-12-9-5-4-8-11(12)13-14(18)20-16(21-15(13)19)10-6-2-1-3-7-10/h4-5,8-10H,1-3,6-7H2. The van der Waals surface area contributed by atoms with E-state index in [0.29, 0.717) is 21.8 Å². The lowest BCUT2D eigenvalue weighted by Crippen LogP contribution is -2.09. The minimum atomic E-state index is 0.391. The van der Waals surface area contributed by atoms with E-state index in [1.54, 1.807) is 0 Å². The summed E-state index contributed by atoms with van der Waals surface area (Å²) in [5.41, 5.74) is 1.62. The van der Waals surface area contributed by atoms with Crippen molar-refractivity contribution in [1.29, 1.82) is 0 Å². The van der Waals surface area contributed by atoms with E-state index in [4.69, 9.17) is 23.2 Å². The second-order valence-corrected chi connectivity index (χ2v) is 6.92. The zero-order chi connectivity index (χ0) is 14.8. The minimum absolute atomic E-state index is 0.391. The van der Waals surface area contributed by atoms with Gasteiger partial charge in [0.1, 0.15) is 16.1 Å². The van der Waals surface area contributed by atoms with Gasteiger partial charge in [-0.3, -0.25) is 0 Å². The van der Waals surface area contributed by atoms with Crippen LogP contribution in [0.2, 0.25) is 10.3 Å². The summed E-state index contributed by atoms with van der Waals surface area (Å²) in [5.74, 6) is 1.18. The van der Waals surface area contributed by atoms with Gasteiger partial charge in [-0.1, -0.05) is 76.6 Å². The zero-order valence-electron chi connectivity index (χ0n) is 11.5. The molecule has 21 heavy (non-hydrogen) atoms. The van der Waals surface area contributed by atoms with E-state index < -0.39 is 0 Å². The highest BCUT2D eigenvalue weighted by atomic mass is 79.9. The van der Waals surface area contributed by atoms with E-state index >= 15 is 0 Å². The summed E-state index contributed by atoms with van der Waals surface area (Å²) in [4.78, 5) is 9.05. The van der Waals surface area contributed by atoms with Crippen LogP contribution >= 0.6 is 39.1 Å². The molecular weight excluding hydrogens is 371 g/mol. The molecule has 2 aromatic rings. The van der Waals surface area contributed by atoms with Gasteiger partial charge in [0, 0.05) is 16.0 Å². The first kappa shape index (κ1) is 15.3. The highest BCUT2D eigenvalue weighted by Crippen LogP contribution is 2.39. The molecule has 0 radical (unpaired) electrons. The van der Waals surface area contributed by atoms with Gasteiger partial charge in [-0.05, 0) is 18.9 Å². The largest absolute Gasteiger partial charge is 0.220 e. The van der Waals surface area contributed by atoms with Crippen LogP contribution in [-0.2, 0) is 0 Å². The predicted molar refractivity (Wildman–Crippen MR) is 91.0 cm³/mol. The third kappa shape index (κ3) is 3.25. The van der Waals surface area contributed by atoms with E-state index in [2.05, 4.69) is 25.9 Å². The fourth-order valence-corrected chi connectivity index (χ4v) is 3.94. The van der Waals surface area contributed by atoms with Crippen molar-refractivity contribution in [2.24, 2.45) is 0 Å². The molecule has 1 aliphatic carbocycles. The molecule has 1 aromatic heterocycles. The Balaban J connectivity index is 2.02. The molecule has 0 atom stereocenters. The number of hydrogen-bond donors (Lipinski definition) is 0. The van der Waals surface area contributed by atoms with Crippen LogP contribution in [-0.4, -0.2) is 9.97 Å². The maximum atomic E-state index is 6.40. The van der Waals surface area contributed by atoms with Crippen molar-refractivity contribution < 1.29 is 0 Å². The number of hydrogen-bond acceptors (Lipinski definition) is 2. The van der Waals surface area contributed by atoms with Gasteiger partial charge in [0.05, 0.1) is 5.56 Å². The lowest BCUT2D eigenvalue weighted by molar-refractivity contribution is 0.428. The molecule has 110 valence electrons. The molecule has 0 amide bonds. The lowest BCUT2D eigenvalue weighted by Gasteiger charge is -2.21. The normalized spacial score (nSPS) is 16.1. The van der Waals surface area contributed by atoms with Crippen LogP contribution < -0.4 is 0 Å². The van der Waals surface area contributed by atoms with Crippen molar-refractivity contribution in [2.75, 3.05) is 0 Å². The van der Waals surface area contributed by atoms with Gasteiger partial charge < -0.3 is 0 Å². The van der Waals surface area contributed by atoms with E-state index in [1.807, 2.05) is 24.3 Å². The number of rotatable bonds is 2. The van der Waals surface area contributed by atoms with Crippen molar-refractivity contribution in [3.8, 4) is 11.1 Å². The molecule has 1 aliphatic rings. The fraction of sp³-hybridized carbons (Fsp3) is 0.375. The highest BCUT2D eigenvalue weighted by Gasteiger charge is 2.22. The molecule has 1 heterocycles. The third-order valence-corrected chi connectivity index (χ3v) is 5.19. The van der Waals surface area contributed by atoms with Crippen molar-refractivity contribution in [1.82, 2.24) is 9.97 Å². The van der Waals surface area contributed by atoms with Gasteiger partial charge in [0.15, 0.2) is 0 Å². The number of benzene rings is 1. The SMILES string of the molecule is Clc1nc(C2CCCCC2)nc(Cl)c1-c1ccccc1Br. The van der Waals surface area contributed by atoms with Crippen molar-refractivity contribution in [2.45, 2.75) is 38.0 Å². The van der Waals surface area contributed by atoms with Crippen molar-refractivity contribution >= 4 is 39.1 Å². The Morgan fingerprint density at radius 2 is 1.57 bits per heavy atom. The van der Waals surface area contributed by atoms with E-state index in [0.717, 1.165) is 28.7 Å². The predicted octanol–water partition coefficient (Wildman–Crippen LogP) is 6.26. The number of aromatic nitrogens is 2. The number of halogens is 3. The summed E-state index contributed by atoms with van der Waals surface area (Å²) >= 11 is 16.3. The van der Waals surface area contributed by atoms with Crippen LogP contribution in [0.1, 0.15) is 43.8 Å². The van der Waals surface area contributed by atoms with Crippen LogP contribution in [0.5, 0.6) is 0 Å². The molecule has 5 heteroatoms. The molecule has 0 unspecified atom stereocenters. The zero-order valence-corrected chi connectivity index (χ0v) is 14.5. The second kappa shape index (κ2) is 6.64. The molecule has 0 saturated heterocycles. The third-order valence-electron chi connectivity index (χ3n) is 3.95. The van der Waals surface area contributed by atoms with Crippen LogP contribution in [0.3, 0.4) is 0 Å². The lowest BCUT2D eigenvalue weighted by atomic mass is 9.88. The Kier molecular flexibility index (Phi) is 4.82. The summed E-state index contributed by atoms with van der Waals surface area (Å²) in [6.45, 7) is 0. The Bertz CT molecular complexity index is 631. The summed E-state index contributed by atoms with van der Waals surface area (Å²) in [7, 11) is 0. The smallest absolute Gasteiger partial charge is 0.142 e. The Labute approximate surface area is 143 Å². The second-order valence-electron chi connectivity index (χ2n) is 5.35. The average molecular weight is 386 g/mol. The Morgan fingerprint density at radius 3 is 2.19 bits per heavy atom. The van der Waals surface area contributed by atoms with Gasteiger partial charge in [-0.15, -0.1) is 0 Å². The number of nitrogens with zero attached hydrogens (tertiary/aromatic N) is 2. The fourth-order valence-electron chi connectivity index (χ4n) is 2.85. The molecule has 1 saturated carbocycles. The van der Waals surface area contributed by atoms with Crippen LogP contribution in [0.4, 0.5) is 0 Å². The van der Waals surface area contributed by atoms with Gasteiger partial charge in [-0.2, -0.15) is 0 Å². The first-order chi connectivity index (χ1) is 10.2. The molecule has 0 bridgehead atoms. The summed E-state index contributed by atoms with van der Waals surface area (Å²) in [6.07, 6.45) is 6.01. The molecule has 1 fully saturated rings. The molecule has 3 rings (SSSR count). The molecule has 0 aliphatic heterocycles. The molecule has 0 N–H and O–H groups in total. The summed E-state index contributed by atoms with van der Waals surface area (Å²) < 4.78 is 0.933. The molecule has 1 aromatic carbocycles. The topological polar surface area (TPSA) is 25.8 Å². The van der Waals surface area contributed by atoms with Crippen molar-refractivity contribution in [3.05, 3.63) is 44.9 Å². The maximum absolute atomic E-state index is 6.40. The van der Waals surface area contributed by atoms with E-state index in [-0.39, 0.29) is 0 Å². The maximum Gasteiger partial charge on any atom is 0.142 e. The van der Waals surface area contributed by atoms with Crippen LogP contribution in [0, 0.1) is 0 Å². The van der Waals surface area contributed by atoms with Gasteiger partial charge >= 0.3 is 0 Å². The summed E-state index contributed by atoms with van der Waals surface area (Å²) in [6, 6.07) is 7.81. The molecule has 2 nitrogen and oxygen atoms in total. The molecular formula is C16H15BrCl2N2. The average Bonchev–Trinajstić information content (AvgIpc) is 2.49. The van der Waals surface area contributed by atoms with Crippen LogP contribution in [0.15, 0.2) is 28.7 Å². The minimum Gasteiger partial charge on any atom is -0.220 e. The van der Waals surface area contributed by atoms with E-state index in [1.165, 1.54) is 19.3 Å². The van der Waals surface area contributed by atoms with Crippen LogP contribution in [0.25, 0.3) is 11.1 Å².